The molecular weight excluding hydrogens is 238 g/mol. The molecular formula is C16H21NO2. The summed E-state index contributed by atoms with van der Waals surface area (Å²) in [6, 6.07) is 7.06. The summed E-state index contributed by atoms with van der Waals surface area (Å²) in [5.41, 5.74) is 4.60. The first-order valence-electron chi connectivity index (χ1n) is 7.41. The number of ether oxygens (including phenoxy) is 2. The third-order valence-corrected chi connectivity index (χ3v) is 4.94. The van der Waals surface area contributed by atoms with Crippen molar-refractivity contribution in [2.45, 2.75) is 30.8 Å². The second kappa shape index (κ2) is 4.58. The van der Waals surface area contributed by atoms with E-state index in [0.717, 1.165) is 32.9 Å². The maximum Gasteiger partial charge on any atom is 0.0841 e. The van der Waals surface area contributed by atoms with Crippen LogP contribution in [0.2, 0.25) is 0 Å². The molecule has 0 saturated carbocycles. The average Bonchev–Trinajstić information content (AvgIpc) is 2.86. The van der Waals surface area contributed by atoms with Crippen molar-refractivity contribution in [3.8, 4) is 0 Å². The van der Waals surface area contributed by atoms with Crippen LogP contribution in [0.4, 0.5) is 0 Å². The molecule has 1 aliphatic carbocycles. The van der Waals surface area contributed by atoms with Gasteiger partial charge in [-0.3, -0.25) is 0 Å². The highest BCUT2D eigenvalue weighted by Gasteiger charge is 2.48. The Hall–Kier alpha value is -0.900. The fraction of sp³-hybridized carbons (Fsp3) is 0.625. The maximum atomic E-state index is 6.02. The van der Waals surface area contributed by atoms with Crippen LogP contribution in [0.1, 0.15) is 23.1 Å². The highest BCUT2D eigenvalue weighted by molar-refractivity contribution is 5.40. The minimum Gasteiger partial charge on any atom is -0.379 e. The van der Waals surface area contributed by atoms with Crippen molar-refractivity contribution < 1.29 is 9.47 Å². The Balaban J connectivity index is 1.68. The lowest BCUT2D eigenvalue weighted by Gasteiger charge is -2.48. The van der Waals surface area contributed by atoms with Crippen molar-refractivity contribution in [3.63, 3.8) is 0 Å². The van der Waals surface area contributed by atoms with Crippen LogP contribution in [0.5, 0.6) is 0 Å². The molecule has 1 aromatic rings. The average molecular weight is 259 g/mol. The van der Waals surface area contributed by atoms with E-state index in [1.807, 2.05) is 0 Å². The van der Waals surface area contributed by atoms with Crippen molar-refractivity contribution >= 4 is 0 Å². The van der Waals surface area contributed by atoms with Crippen LogP contribution in [0.3, 0.4) is 0 Å². The molecule has 0 bridgehead atoms. The summed E-state index contributed by atoms with van der Waals surface area (Å²) in [4.78, 5) is 0. The van der Waals surface area contributed by atoms with E-state index in [0.29, 0.717) is 0 Å². The lowest BCUT2D eigenvalue weighted by atomic mass is 9.72. The van der Waals surface area contributed by atoms with Crippen LogP contribution in [0.25, 0.3) is 0 Å². The summed E-state index contributed by atoms with van der Waals surface area (Å²) in [6.07, 6.45) is 4.06. The molecule has 2 saturated heterocycles. The number of hydrogen-bond donors (Lipinski definition) is 1. The van der Waals surface area contributed by atoms with Gasteiger partial charge in [-0.15, -0.1) is 0 Å². The van der Waals surface area contributed by atoms with Crippen LogP contribution >= 0.6 is 0 Å². The molecule has 1 unspecified atom stereocenters. The quantitative estimate of drug-likeness (QED) is 0.871. The smallest absolute Gasteiger partial charge is 0.0841 e. The zero-order valence-electron chi connectivity index (χ0n) is 11.3. The van der Waals surface area contributed by atoms with Crippen molar-refractivity contribution in [2.24, 2.45) is 0 Å². The van der Waals surface area contributed by atoms with E-state index in [1.54, 1.807) is 11.1 Å². The standard InChI is InChI=1S/C16H21NO2/c1-2-12-4-5-14(8-13(12)3-1)16(10-18-11-16)15-9-17-6-7-19-15/h4-5,8,15,17H,1-3,6-7,9-11H2. The van der Waals surface area contributed by atoms with E-state index in [9.17, 15) is 0 Å². The SMILES string of the molecule is c1cc2c(cc1C1(C3CNCCO3)COC1)CCC2. The lowest BCUT2D eigenvalue weighted by Crippen LogP contribution is -2.61. The van der Waals surface area contributed by atoms with Crippen molar-refractivity contribution in [1.29, 1.82) is 0 Å². The first-order chi connectivity index (χ1) is 9.38. The molecule has 2 heterocycles. The summed E-state index contributed by atoms with van der Waals surface area (Å²) in [7, 11) is 0. The number of nitrogens with one attached hydrogen (secondary N) is 1. The Kier molecular flexibility index (Phi) is 2.87. The number of aryl methyl sites for hydroxylation is 2. The van der Waals surface area contributed by atoms with Crippen LogP contribution in [0.15, 0.2) is 18.2 Å². The molecule has 4 rings (SSSR count). The molecule has 1 atom stereocenters. The molecule has 0 spiro atoms. The predicted octanol–water partition coefficient (Wildman–Crippen LogP) is 1.43. The molecule has 3 heteroatoms. The molecule has 3 aliphatic rings. The number of benzene rings is 1. The lowest BCUT2D eigenvalue weighted by molar-refractivity contribution is -0.146. The van der Waals surface area contributed by atoms with E-state index in [4.69, 9.17) is 9.47 Å². The minimum atomic E-state index is 0.0883. The fourth-order valence-corrected chi connectivity index (χ4v) is 3.66. The van der Waals surface area contributed by atoms with E-state index in [2.05, 4.69) is 23.5 Å². The third-order valence-electron chi connectivity index (χ3n) is 4.94. The number of rotatable bonds is 2. The topological polar surface area (TPSA) is 30.5 Å². The highest BCUT2D eigenvalue weighted by atomic mass is 16.5. The van der Waals surface area contributed by atoms with Crippen molar-refractivity contribution in [2.75, 3.05) is 32.9 Å². The van der Waals surface area contributed by atoms with E-state index >= 15 is 0 Å². The van der Waals surface area contributed by atoms with Gasteiger partial charge >= 0.3 is 0 Å². The number of morpholine rings is 1. The number of fused-ring (bicyclic) bond motifs is 1. The third kappa shape index (κ3) is 1.83. The van der Waals surface area contributed by atoms with Crippen LogP contribution in [0, 0.1) is 0 Å². The molecule has 0 amide bonds. The van der Waals surface area contributed by atoms with Gasteiger partial charge in [0.1, 0.15) is 0 Å². The van der Waals surface area contributed by atoms with Crippen LogP contribution in [-0.4, -0.2) is 39.0 Å². The zero-order valence-corrected chi connectivity index (χ0v) is 11.3. The number of hydrogen-bond acceptors (Lipinski definition) is 3. The maximum absolute atomic E-state index is 6.02. The summed E-state index contributed by atoms with van der Waals surface area (Å²) in [5.74, 6) is 0. The Morgan fingerprint density at radius 2 is 2.05 bits per heavy atom. The molecule has 19 heavy (non-hydrogen) atoms. The van der Waals surface area contributed by atoms with Crippen molar-refractivity contribution in [3.05, 3.63) is 34.9 Å². The minimum absolute atomic E-state index is 0.0883. The Bertz CT molecular complexity index is 476. The largest absolute Gasteiger partial charge is 0.379 e. The first-order valence-corrected chi connectivity index (χ1v) is 7.41. The molecule has 2 aliphatic heterocycles. The molecule has 3 nitrogen and oxygen atoms in total. The second-order valence-electron chi connectivity index (χ2n) is 6.05. The molecule has 1 N–H and O–H groups in total. The first kappa shape index (κ1) is 11.9. The Labute approximate surface area is 114 Å². The summed E-state index contributed by atoms with van der Waals surface area (Å²) >= 11 is 0. The van der Waals surface area contributed by atoms with Crippen molar-refractivity contribution in [1.82, 2.24) is 5.32 Å². The van der Waals surface area contributed by atoms with Gasteiger partial charge in [-0.25, -0.2) is 0 Å². The van der Waals surface area contributed by atoms with Gasteiger partial charge in [0.2, 0.25) is 0 Å². The van der Waals surface area contributed by atoms with Gasteiger partial charge in [0, 0.05) is 13.1 Å². The highest BCUT2D eigenvalue weighted by Crippen LogP contribution is 2.39. The van der Waals surface area contributed by atoms with Crippen LogP contribution in [-0.2, 0) is 27.7 Å². The van der Waals surface area contributed by atoms with E-state index < -0.39 is 0 Å². The van der Waals surface area contributed by atoms with Gasteiger partial charge in [-0.1, -0.05) is 18.2 Å². The second-order valence-corrected chi connectivity index (χ2v) is 6.05. The van der Waals surface area contributed by atoms with Gasteiger partial charge in [-0.05, 0) is 36.0 Å². The monoisotopic (exact) mass is 259 g/mol. The predicted molar refractivity (Wildman–Crippen MR) is 73.6 cm³/mol. The van der Waals surface area contributed by atoms with Gasteiger partial charge in [0.25, 0.3) is 0 Å². The Morgan fingerprint density at radius 1 is 1.16 bits per heavy atom. The van der Waals surface area contributed by atoms with Crippen LogP contribution < -0.4 is 5.32 Å². The molecule has 1 aromatic carbocycles. The molecule has 102 valence electrons. The molecule has 2 fully saturated rings. The Morgan fingerprint density at radius 3 is 2.79 bits per heavy atom. The van der Waals surface area contributed by atoms with Gasteiger partial charge in [-0.2, -0.15) is 0 Å². The fourth-order valence-electron chi connectivity index (χ4n) is 3.66. The summed E-state index contributed by atoms with van der Waals surface area (Å²) in [5, 5.41) is 3.45. The van der Waals surface area contributed by atoms with Gasteiger partial charge < -0.3 is 14.8 Å². The normalized spacial score (nSPS) is 28.7. The van der Waals surface area contributed by atoms with E-state index in [1.165, 1.54) is 24.8 Å². The van der Waals surface area contributed by atoms with E-state index in [-0.39, 0.29) is 11.5 Å². The van der Waals surface area contributed by atoms with Gasteiger partial charge in [0.05, 0.1) is 31.3 Å². The summed E-state index contributed by atoms with van der Waals surface area (Å²) in [6.45, 7) is 4.34. The summed E-state index contributed by atoms with van der Waals surface area (Å²) < 4.78 is 11.6. The molecule has 0 aromatic heterocycles. The molecule has 0 radical (unpaired) electrons. The zero-order chi connectivity index (χ0) is 12.7. The van der Waals surface area contributed by atoms with Gasteiger partial charge in [0.15, 0.2) is 0 Å².